The third-order valence-electron chi connectivity index (χ3n) is 3.87. The molecule has 0 spiro atoms. The van der Waals surface area contributed by atoms with Crippen molar-refractivity contribution in [1.82, 2.24) is 9.21 Å². The number of carbonyl (C=O) groups excluding carboxylic acids is 1. The van der Waals surface area contributed by atoms with Crippen LogP contribution in [0.4, 0.5) is 0 Å². The molecule has 0 unspecified atom stereocenters. The van der Waals surface area contributed by atoms with Gasteiger partial charge >= 0.3 is 0 Å². The van der Waals surface area contributed by atoms with Crippen LogP contribution in [0.1, 0.15) is 18.9 Å². The normalized spacial score (nSPS) is 16.7. The minimum atomic E-state index is -3.15. The fraction of sp³-hybridized carbons (Fsp3) is 0.533. The van der Waals surface area contributed by atoms with Crippen molar-refractivity contribution in [3.63, 3.8) is 0 Å². The number of hydrogen-bond acceptors (Lipinski definition) is 3. The highest BCUT2D eigenvalue weighted by Gasteiger charge is 2.27. The van der Waals surface area contributed by atoms with Gasteiger partial charge in [0.05, 0.1) is 5.75 Å². The lowest BCUT2D eigenvalue weighted by atomic mass is 10.1. The fourth-order valence-electron chi connectivity index (χ4n) is 2.50. The lowest BCUT2D eigenvalue weighted by Gasteiger charge is -2.33. The van der Waals surface area contributed by atoms with Gasteiger partial charge in [-0.25, -0.2) is 8.42 Å². The van der Waals surface area contributed by atoms with E-state index in [2.05, 4.69) is 0 Å². The number of hydrogen-bond donors (Lipinski definition) is 0. The number of piperazine rings is 1. The molecule has 0 atom stereocenters. The van der Waals surface area contributed by atoms with Crippen LogP contribution in [-0.4, -0.2) is 55.5 Å². The van der Waals surface area contributed by atoms with Crippen LogP contribution in [0, 0.1) is 0 Å². The zero-order valence-electron chi connectivity index (χ0n) is 12.7. The highest BCUT2D eigenvalue weighted by Crippen LogP contribution is 2.14. The van der Waals surface area contributed by atoms with Crippen LogP contribution < -0.4 is 0 Å². The number of aryl methyl sites for hydroxylation is 1. The second kappa shape index (κ2) is 7.44. The van der Waals surface area contributed by atoms with Gasteiger partial charge in [0, 0.05) is 37.6 Å². The van der Waals surface area contributed by atoms with Crippen molar-refractivity contribution in [2.24, 2.45) is 0 Å². The molecule has 1 heterocycles. The molecule has 1 aliphatic heterocycles. The van der Waals surface area contributed by atoms with Crippen LogP contribution in [0.5, 0.6) is 0 Å². The molecule has 5 nitrogen and oxygen atoms in total. The Kier molecular flexibility index (Phi) is 5.83. The van der Waals surface area contributed by atoms with Gasteiger partial charge < -0.3 is 4.90 Å². The summed E-state index contributed by atoms with van der Waals surface area (Å²) in [6.07, 6.45) is 1.06. The predicted molar refractivity (Wildman–Crippen MR) is 87.4 cm³/mol. The van der Waals surface area contributed by atoms with Crippen LogP contribution in [0.15, 0.2) is 24.3 Å². The van der Waals surface area contributed by atoms with Gasteiger partial charge in [-0.15, -0.1) is 0 Å². The quantitative estimate of drug-likeness (QED) is 0.818. The van der Waals surface area contributed by atoms with Crippen LogP contribution in [0.3, 0.4) is 0 Å². The molecule has 1 saturated heterocycles. The highest BCUT2D eigenvalue weighted by molar-refractivity contribution is 7.89. The smallest absolute Gasteiger partial charge is 0.222 e. The largest absolute Gasteiger partial charge is 0.340 e. The number of sulfonamides is 1. The number of benzene rings is 1. The van der Waals surface area contributed by atoms with Gasteiger partial charge in [-0.3, -0.25) is 4.79 Å². The van der Waals surface area contributed by atoms with Gasteiger partial charge in [0.25, 0.3) is 0 Å². The van der Waals surface area contributed by atoms with Crippen molar-refractivity contribution in [3.05, 3.63) is 34.9 Å². The molecule has 0 aromatic heterocycles. The van der Waals surface area contributed by atoms with E-state index in [1.54, 1.807) is 17.9 Å². The number of nitrogens with zero attached hydrogens (tertiary/aromatic N) is 2. The summed E-state index contributed by atoms with van der Waals surface area (Å²) in [5.74, 6) is 0.170. The first-order chi connectivity index (χ1) is 10.4. The summed E-state index contributed by atoms with van der Waals surface area (Å²) in [7, 11) is -3.15. The van der Waals surface area contributed by atoms with Crippen LogP contribution in [0.25, 0.3) is 0 Å². The Balaban J connectivity index is 1.83. The Hall–Kier alpha value is -1.11. The molecule has 0 radical (unpaired) electrons. The molecule has 0 aliphatic carbocycles. The zero-order chi connectivity index (χ0) is 16.2. The average Bonchev–Trinajstić information content (AvgIpc) is 2.53. The van der Waals surface area contributed by atoms with Crippen molar-refractivity contribution in [2.75, 3.05) is 31.9 Å². The van der Waals surface area contributed by atoms with Gasteiger partial charge in [-0.1, -0.05) is 23.7 Å². The minimum Gasteiger partial charge on any atom is -0.340 e. The van der Waals surface area contributed by atoms with E-state index in [0.717, 1.165) is 5.56 Å². The van der Waals surface area contributed by atoms with E-state index < -0.39 is 10.0 Å². The summed E-state index contributed by atoms with van der Waals surface area (Å²) in [4.78, 5) is 13.9. The molecule has 7 heteroatoms. The minimum absolute atomic E-state index is 0.0634. The Labute approximate surface area is 136 Å². The van der Waals surface area contributed by atoms with Crippen LogP contribution in [0.2, 0.25) is 5.02 Å². The second-order valence-electron chi connectivity index (χ2n) is 5.31. The molecule has 1 aromatic carbocycles. The van der Waals surface area contributed by atoms with E-state index in [9.17, 15) is 13.2 Å². The Bertz CT molecular complexity index is 625. The molecular weight excluding hydrogens is 324 g/mol. The number of halogens is 1. The molecule has 1 amide bonds. The number of carbonyl (C=O) groups is 1. The van der Waals surface area contributed by atoms with Crippen molar-refractivity contribution >= 4 is 27.5 Å². The van der Waals surface area contributed by atoms with Crippen molar-refractivity contribution < 1.29 is 13.2 Å². The fourth-order valence-corrected chi connectivity index (χ4v) is 3.80. The lowest BCUT2D eigenvalue weighted by molar-refractivity contribution is -0.132. The van der Waals surface area contributed by atoms with Gasteiger partial charge in [0.1, 0.15) is 0 Å². The molecule has 2 rings (SSSR count). The Morgan fingerprint density at radius 3 is 2.50 bits per heavy atom. The molecule has 1 aromatic rings. The first-order valence-corrected chi connectivity index (χ1v) is 9.41. The maximum Gasteiger partial charge on any atom is 0.222 e. The summed E-state index contributed by atoms with van der Waals surface area (Å²) >= 11 is 5.92. The molecule has 22 heavy (non-hydrogen) atoms. The van der Waals surface area contributed by atoms with Gasteiger partial charge in [-0.05, 0) is 31.0 Å². The molecule has 1 aliphatic rings. The Morgan fingerprint density at radius 1 is 1.23 bits per heavy atom. The monoisotopic (exact) mass is 344 g/mol. The first kappa shape index (κ1) is 17.2. The van der Waals surface area contributed by atoms with Gasteiger partial charge in [-0.2, -0.15) is 4.31 Å². The van der Waals surface area contributed by atoms with E-state index in [0.29, 0.717) is 44.0 Å². The standard InChI is InChI=1S/C15H21ClN2O3S/c1-2-22(20,21)18-10-8-17(9-11-18)15(19)7-6-13-4-3-5-14(16)12-13/h3-5,12H,2,6-11H2,1H3. The van der Waals surface area contributed by atoms with Crippen molar-refractivity contribution in [3.8, 4) is 0 Å². The van der Waals surface area contributed by atoms with Gasteiger partial charge in [0.15, 0.2) is 0 Å². The average molecular weight is 345 g/mol. The molecule has 122 valence electrons. The maximum atomic E-state index is 12.2. The summed E-state index contributed by atoms with van der Waals surface area (Å²) in [5.41, 5.74) is 1.04. The highest BCUT2D eigenvalue weighted by atomic mass is 35.5. The van der Waals surface area contributed by atoms with Crippen LogP contribution >= 0.6 is 11.6 Å². The van der Waals surface area contributed by atoms with E-state index in [4.69, 9.17) is 11.6 Å². The zero-order valence-corrected chi connectivity index (χ0v) is 14.2. The molecular formula is C15H21ClN2O3S. The van der Waals surface area contributed by atoms with E-state index in [1.807, 2.05) is 18.2 Å². The first-order valence-electron chi connectivity index (χ1n) is 7.42. The van der Waals surface area contributed by atoms with E-state index in [1.165, 1.54) is 4.31 Å². The molecule has 0 saturated carbocycles. The summed E-state index contributed by atoms with van der Waals surface area (Å²) < 4.78 is 25.0. The number of amides is 1. The third-order valence-corrected chi connectivity index (χ3v) is 5.98. The lowest BCUT2D eigenvalue weighted by Crippen LogP contribution is -2.50. The number of rotatable bonds is 5. The van der Waals surface area contributed by atoms with Gasteiger partial charge in [0.2, 0.25) is 15.9 Å². The summed E-state index contributed by atoms with van der Waals surface area (Å²) in [5, 5.41) is 0.670. The predicted octanol–water partition coefficient (Wildman–Crippen LogP) is 1.77. The van der Waals surface area contributed by atoms with E-state index in [-0.39, 0.29) is 11.7 Å². The van der Waals surface area contributed by atoms with E-state index >= 15 is 0 Å². The Morgan fingerprint density at radius 2 is 1.91 bits per heavy atom. The maximum absolute atomic E-state index is 12.2. The SMILES string of the molecule is CCS(=O)(=O)N1CCN(C(=O)CCc2cccc(Cl)c2)CC1. The summed E-state index contributed by atoms with van der Waals surface area (Å²) in [6.45, 7) is 3.34. The second-order valence-corrected chi connectivity index (χ2v) is 8.00. The van der Waals surface area contributed by atoms with Crippen molar-refractivity contribution in [1.29, 1.82) is 0 Å². The van der Waals surface area contributed by atoms with Crippen LogP contribution in [-0.2, 0) is 21.2 Å². The van der Waals surface area contributed by atoms with Crippen molar-refractivity contribution in [2.45, 2.75) is 19.8 Å². The third kappa shape index (κ3) is 4.44. The molecule has 0 N–H and O–H groups in total. The summed E-state index contributed by atoms with van der Waals surface area (Å²) in [6, 6.07) is 7.49. The molecule has 1 fully saturated rings. The topological polar surface area (TPSA) is 57.7 Å². The molecule has 0 bridgehead atoms.